The van der Waals surface area contributed by atoms with Crippen molar-refractivity contribution in [2.45, 2.75) is 40.0 Å². The summed E-state index contributed by atoms with van der Waals surface area (Å²) in [6, 6.07) is 34.6. The van der Waals surface area contributed by atoms with Crippen LogP contribution in [0.2, 0.25) is 0 Å². The molecule has 5 aromatic carbocycles. The molecule has 0 radical (unpaired) electrons. The average Bonchev–Trinajstić information content (AvgIpc) is 3.41. The Bertz CT molecular complexity index is 1940. The van der Waals surface area contributed by atoms with Gasteiger partial charge in [-0.05, 0) is 83.5 Å². The average molecular weight is 551 g/mol. The Morgan fingerprint density at radius 3 is 2.29 bits per heavy atom. The number of fused-ring (bicyclic) bond motifs is 1. The van der Waals surface area contributed by atoms with Crippen molar-refractivity contribution in [1.82, 2.24) is 4.98 Å². The maximum atomic E-state index is 10.5. The Hall–Kier alpha value is -4.96. The van der Waals surface area contributed by atoms with Gasteiger partial charge in [-0.1, -0.05) is 93.1 Å². The van der Waals surface area contributed by atoms with Crippen LogP contribution in [-0.2, 0) is 5.41 Å². The number of hydrogen-bond acceptors (Lipinski definition) is 4. The van der Waals surface area contributed by atoms with Crippen LogP contribution in [0.25, 0.3) is 44.8 Å². The topological polar surface area (TPSA) is 58.6 Å². The molecule has 0 spiro atoms. The van der Waals surface area contributed by atoms with E-state index >= 15 is 0 Å². The summed E-state index contributed by atoms with van der Waals surface area (Å²) in [6.07, 6.45) is 1.71. The van der Waals surface area contributed by atoms with E-state index in [1.807, 2.05) is 54.6 Å². The zero-order valence-electron chi connectivity index (χ0n) is 24.6. The zero-order chi connectivity index (χ0) is 29.4. The van der Waals surface area contributed by atoms with E-state index in [9.17, 15) is 5.11 Å². The van der Waals surface area contributed by atoms with Crippen LogP contribution in [-0.4, -0.2) is 16.3 Å². The second kappa shape index (κ2) is 10.8. The van der Waals surface area contributed by atoms with E-state index in [-0.39, 0.29) is 11.2 Å². The second-order valence-electron chi connectivity index (χ2n) is 11.9. The summed E-state index contributed by atoms with van der Waals surface area (Å²) in [5, 5.41) is 10.5. The first-order chi connectivity index (χ1) is 20.2. The molecule has 208 valence electrons. The molecular formula is C38H34N2O2. The number of aromatic hydroxyl groups is 1. The molecule has 1 N–H and O–H groups in total. The van der Waals surface area contributed by atoms with E-state index < -0.39 is 0 Å². The van der Waals surface area contributed by atoms with Gasteiger partial charge in [-0.15, -0.1) is 0 Å². The van der Waals surface area contributed by atoms with Gasteiger partial charge in [-0.25, -0.2) is 4.98 Å². The molecule has 0 unspecified atom stereocenters. The molecule has 42 heavy (non-hydrogen) atoms. The van der Waals surface area contributed by atoms with Crippen molar-refractivity contribution >= 4 is 23.0 Å². The molecular weight excluding hydrogens is 516 g/mol. The van der Waals surface area contributed by atoms with Crippen LogP contribution < -0.4 is 0 Å². The number of para-hydroxylation sites is 1. The van der Waals surface area contributed by atoms with Gasteiger partial charge in [0.15, 0.2) is 5.58 Å². The maximum absolute atomic E-state index is 10.5. The van der Waals surface area contributed by atoms with Crippen LogP contribution in [0, 0.1) is 13.8 Å². The predicted molar refractivity (Wildman–Crippen MR) is 174 cm³/mol. The first-order valence-corrected chi connectivity index (χ1v) is 14.2. The van der Waals surface area contributed by atoms with E-state index in [0.717, 1.165) is 38.9 Å². The highest BCUT2D eigenvalue weighted by Crippen LogP contribution is 2.39. The van der Waals surface area contributed by atoms with E-state index in [2.05, 4.69) is 77.1 Å². The number of nitrogens with zero attached hydrogens (tertiary/aromatic N) is 2. The third kappa shape index (κ3) is 5.36. The number of aryl methyl sites for hydroxylation is 2. The van der Waals surface area contributed by atoms with Gasteiger partial charge < -0.3 is 9.52 Å². The molecule has 6 rings (SSSR count). The van der Waals surface area contributed by atoms with E-state index in [1.54, 1.807) is 12.3 Å². The number of oxazole rings is 1. The largest absolute Gasteiger partial charge is 0.507 e. The van der Waals surface area contributed by atoms with Crippen molar-refractivity contribution in [2.24, 2.45) is 4.99 Å². The molecule has 6 aromatic rings. The number of aliphatic imine (C=N–C) groups is 1. The van der Waals surface area contributed by atoms with Crippen molar-refractivity contribution < 1.29 is 9.52 Å². The normalized spacial score (nSPS) is 11.9. The Morgan fingerprint density at radius 1 is 0.738 bits per heavy atom. The molecule has 4 nitrogen and oxygen atoms in total. The van der Waals surface area contributed by atoms with Gasteiger partial charge in [-0.3, -0.25) is 4.99 Å². The SMILES string of the molecule is Cc1ccc(C)c(-c2cc(-c3ccccc3)c3nc(-c4ccccc4N=Cc4cc(C(C)(C)C)ccc4O)oc3c2)c1. The quantitative estimate of drug-likeness (QED) is 0.217. The maximum Gasteiger partial charge on any atom is 0.229 e. The Balaban J connectivity index is 1.49. The van der Waals surface area contributed by atoms with Crippen LogP contribution in [0.3, 0.4) is 0 Å². The molecule has 0 aliphatic carbocycles. The minimum atomic E-state index is -0.0430. The molecule has 0 bridgehead atoms. The molecule has 4 heteroatoms. The molecule has 1 heterocycles. The van der Waals surface area contributed by atoms with Crippen LogP contribution in [0.4, 0.5) is 5.69 Å². The monoisotopic (exact) mass is 550 g/mol. The lowest BCUT2D eigenvalue weighted by molar-refractivity contribution is 0.473. The molecule has 0 saturated heterocycles. The summed E-state index contributed by atoms with van der Waals surface area (Å²) in [4.78, 5) is 9.81. The fraction of sp³-hybridized carbons (Fsp3) is 0.158. The van der Waals surface area contributed by atoms with Gasteiger partial charge in [0.05, 0.1) is 11.3 Å². The van der Waals surface area contributed by atoms with E-state index in [1.165, 1.54) is 16.7 Å². The fourth-order valence-corrected chi connectivity index (χ4v) is 5.22. The van der Waals surface area contributed by atoms with Crippen molar-refractivity contribution in [3.8, 4) is 39.5 Å². The van der Waals surface area contributed by atoms with Gasteiger partial charge in [0, 0.05) is 17.3 Å². The first kappa shape index (κ1) is 27.2. The lowest BCUT2D eigenvalue weighted by Crippen LogP contribution is -2.11. The van der Waals surface area contributed by atoms with Crippen molar-refractivity contribution in [2.75, 3.05) is 0 Å². The lowest BCUT2D eigenvalue weighted by Gasteiger charge is -2.19. The van der Waals surface area contributed by atoms with Gasteiger partial charge >= 0.3 is 0 Å². The number of aromatic nitrogens is 1. The van der Waals surface area contributed by atoms with Gasteiger partial charge in [0.2, 0.25) is 5.89 Å². The minimum absolute atomic E-state index is 0.0430. The number of hydrogen-bond donors (Lipinski definition) is 1. The molecule has 1 aromatic heterocycles. The highest BCUT2D eigenvalue weighted by Gasteiger charge is 2.19. The highest BCUT2D eigenvalue weighted by atomic mass is 16.3. The molecule has 0 saturated carbocycles. The molecule has 0 aliphatic heterocycles. The number of phenolic OH excluding ortho intramolecular Hbond substituents is 1. The van der Waals surface area contributed by atoms with Crippen LogP contribution in [0.15, 0.2) is 113 Å². The van der Waals surface area contributed by atoms with Crippen LogP contribution in [0.5, 0.6) is 5.75 Å². The van der Waals surface area contributed by atoms with Gasteiger partial charge in [-0.2, -0.15) is 0 Å². The number of phenols is 1. The van der Waals surface area contributed by atoms with Gasteiger partial charge in [0.1, 0.15) is 11.3 Å². The van der Waals surface area contributed by atoms with Crippen molar-refractivity contribution in [1.29, 1.82) is 0 Å². The first-order valence-electron chi connectivity index (χ1n) is 14.2. The molecule has 0 amide bonds. The summed E-state index contributed by atoms with van der Waals surface area (Å²) in [6.45, 7) is 10.7. The van der Waals surface area contributed by atoms with Gasteiger partial charge in [0.25, 0.3) is 0 Å². The Morgan fingerprint density at radius 2 is 1.50 bits per heavy atom. The number of benzene rings is 5. The predicted octanol–water partition coefficient (Wildman–Crippen LogP) is 10.2. The Labute approximate surface area is 247 Å². The summed E-state index contributed by atoms with van der Waals surface area (Å²) in [7, 11) is 0. The smallest absolute Gasteiger partial charge is 0.229 e. The summed E-state index contributed by atoms with van der Waals surface area (Å²) in [5.41, 5.74) is 11.5. The van der Waals surface area contributed by atoms with Crippen molar-refractivity contribution in [3.05, 3.63) is 125 Å². The molecule has 0 aliphatic rings. The highest BCUT2D eigenvalue weighted by molar-refractivity contribution is 5.97. The van der Waals surface area contributed by atoms with Crippen molar-refractivity contribution in [3.63, 3.8) is 0 Å². The Kier molecular flexibility index (Phi) is 6.99. The standard InChI is InChI=1S/C38H34N2O2/c1-24-15-16-25(2)31(19-24)27-21-32(26-11-7-6-8-12-26)36-35(22-27)42-37(40-36)30-13-9-10-14-33(30)39-23-28-20-29(38(3,4)5)17-18-34(28)41/h6-23,41H,1-5H3. The minimum Gasteiger partial charge on any atom is -0.507 e. The van der Waals surface area contributed by atoms with Crippen LogP contribution in [0.1, 0.15) is 43.0 Å². The summed E-state index contributed by atoms with van der Waals surface area (Å²) >= 11 is 0. The zero-order valence-corrected chi connectivity index (χ0v) is 24.6. The molecule has 0 atom stereocenters. The summed E-state index contributed by atoms with van der Waals surface area (Å²) < 4.78 is 6.49. The lowest BCUT2D eigenvalue weighted by atomic mass is 9.86. The third-order valence-electron chi connectivity index (χ3n) is 7.65. The van der Waals surface area contributed by atoms with Crippen LogP contribution >= 0.6 is 0 Å². The fourth-order valence-electron chi connectivity index (χ4n) is 5.22. The van der Waals surface area contributed by atoms with E-state index in [0.29, 0.717) is 17.1 Å². The second-order valence-corrected chi connectivity index (χ2v) is 11.9. The molecule has 0 fully saturated rings. The van der Waals surface area contributed by atoms with E-state index in [4.69, 9.17) is 14.4 Å². The number of rotatable bonds is 5. The third-order valence-corrected chi connectivity index (χ3v) is 7.65. The summed E-state index contributed by atoms with van der Waals surface area (Å²) in [5.74, 6) is 0.693.